The molecule has 0 aliphatic carbocycles. The summed E-state index contributed by atoms with van der Waals surface area (Å²) in [5.41, 5.74) is 2.35. The van der Waals surface area contributed by atoms with E-state index in [-0.39, 0.29) is 11.9 Å². The number of pyridine rings is 1. The van der Waals surface area contributed by atoms with Crippen molar-refractivity contribution in [1.82, 2.24) is 10.3 Å². The molecule has 1 heterocycles. The topological polar surface area (TPSA) is 51.2 Å². The van der Waals surface area contributed by atoms with Gasteiger partial charge in [0.25, 0.3) is 5.91 Å². The highest BCUT2D eigenvalue weighted by atomic mass is 16.5. The number of hydrogen-bond acceptors (Lipinski definition) is 3. The Morgan fingerprint density at radius 1 is 0.875 bits per heavy atom. The predicted molar refractivity (Wildman–Crippen MR) is 93.0 cm³/mol. The second kappa shape index (κ2) is 7.42. The molecule has 0 fully saturated rings. The minimum atomic E-state index is -0.244. The summed E-state index contributed by atoms with van der Waals surface area (Å²) in [4.78, 5) is 16.8. The number of carbonyl (C=O) groups is 1. The van der Waals surface area contributed by atoms with Gasteiger partial charge in [-0.2, -0.15) is 0 Å². The van der Waals surface area contributed by atoms with E-state index in [1.165, 1.54) is 7.11 Å². The lowest BCUT2D eigenvalue weighted by Crippen LogP contribution is -2.30. The second-order valence-electron chi connectivity index (χ2n) is 5.29. The Morgan fingerprint density at radius 2 is 1.46 bits per heavy atom. The molecule has 4 nitrogen and oxygen atoms in total. The van der Waals surface area contributed by atoms with Crippen LogP contribution in [0.5, 0.6) is 5.88 Å². The van der Waals surface area contributed by atoms with E-state index in [4.69, 9.17) is 4.74 Å². The van der Waals surface area contributed by atoms with Gasteiger partial charge in [-0.15, -0.1) is 0 Å². The van der Waals surface area contributed by atoms with Crippen molar-refractivity contribution in [3.63, 3.8) is 0 Å². The first-order valence-electron chi connectivity index (χ1n) is 7.70. The van der Waals surface area contributed by atoms with Crippen LogP contribution in [0, 0.1) is 0 Å². The third-order valence-corrected chi connectivity index (χ3v) is 3.71. The largest absolute Gasteiger partial charge is 0.481 e. The van der Waals surface area contributed by atoms with Gasteiger partial charge in [0.1, 0.15) is 5.69 Å². The van der Waals surface area contributed by atoms with Gasteiger partial charge in [0.2, 0.25) is 5.88 Å². The van der Waals surface area contributed by atoms with Crippen LogP contribution in [0.2, 0.25) is 0 Å². The summed E-state index contributed by atoms with van der Waals surface area (Å²) in [7, 11) is 1.53. The first-order chi connectivity index (χ1) is 11.8. The van der Waals surface area contributed by atoms with Crippen molar-refractivity contribution < 1.29 is 9.53 Å². The van der Waals surface area contributed by atoms with E-state index in [1.54, 1.807) is 18.2 Å². The lowest BCUT2D eigenvalue weighted by molar-refractivity contribution is 0.0937. The van der Waals surface area contributed by atoms with Crippen LogP contribution in [0.3, 0.4) is 0 Å². The Balaban J connectivity index is 1.91. The average molecular weight is 318 g/mol. The fraction of sp³-hybridized carbons (Fsp3) is 0.100. The number of ether oxygens (including phenoxy) is 1. The van der Waals surface area contributed by atoms with Crippen molar-refractivity contribution in [3.8, 4) is 5.88 Å². The normalized spacial score (nSPS) is 10.4. The average Bonchev–Trinajstić information content (AvgIpc) is 2.67. The lowest BCUT2D eigenvalue weighted by Gasteiger charge is -2.19. The molecule has 0 saturated carbocycles. The van der Waals surface area contributed by atoms with Crippen molar-refractivity contribution in [2.75, 3.05) is 7.11 Å². The van der Waals surface area contributed by atoms with Gasteiger partial charge < -0.3 is 10.1 Å². The Labute approximate surface area is 141 Å². The van der Waals surface area contributed by atoms with Gasteiger partial charge in [-0.1, -0.05) is 66.7 Å². The molecule has 3 rings (SSSR count). The van der Waals surface area contributed by atoms with Crippen LogP contribution in [-0.4, -0.2) is 18.0 Å². The number of benzene rings is 2. The highest BCUT2D eigenvalue weighted by Crippen LogP contribution is 2.22. The van der Waals surface area contributed by atoms with E-state index in [0.29, 0.717) is 11.6 Å². The molecule has 0 spiro atoms. The third-order valence-electron chi connectivity index (χ3n) is 3.71. The van der Waals surface area contributed by atoms with E-state index >= 15 is 0 Å². The smallest absolute Gasteiger partial charge is 0.270 e. The zero-order valence-corrected chi connectivity index (χ0v) is 13.3. The standard InChI is InChI=1S/C20H18N2O2/c1-24-18-14-8-13-17(21-18)20(23)22-19(15-9-4-2-5-10-15)16-11-6-3-7-12-16/h2-14,19H,1H3,(H,22,23). The molecule has 0 aliphatic rings. The van der Waals surface area contributed by atoms with E-state index < -0.39 is 0 Å². The maximum atomic E-state index is 12.6. The van der Waals surface area contributed by atoms with Crippen LogP contribution in [0.4, 0.5) is 0 Å². The van der Waals surface area contributed by atoms with Crippen LogP contribution in [-0.2, 0) is 0 Å². The summed E-state index contributed by atoms with van der Waals surface area (Å²) in [6.07, 6.45) is 0. The zero-order chi connectivity index (χ0) is 16.8. The first kappa shape index (κ1) is 15.7. The number of aromatic nitrogens is 1. The van der Waals surface area contributed by atoms with Gasteiger partial charge in [-0.25, -0.2) is 4.98 Å². The molecule has 3 aromatic rings. The molecule has 120 valence electrons. The molecular formula is C20H18N2O2. The summed E-state index contributed by atoms with van der Waals surface area (Å²) in [5.74, 6) is 0.172. The SMILES string of the molecule is COc1cccc(C(=O)NC(c2ccccc2)c2ccccc2)n1. The van der Waals surface area contributed by atoms with Gasteiger partial charge in [-0.05, 0) is 17.2 Å². The summed E-state index contributed by atoms with van der Waals surface area (Å²) in [6.45, 7) is 0. The molecule has 0 bridgehead atoms. The Morgan fingerprint density at radius 3 is 2.00 bits per heavy atom. The molecule has 1 amide bonds. The number of methoxy groups -OCH3 is 1. The summed E-state index contributed by atoms with van der Waals surface area (Å²) in [6, 6.07) is 24.6. The fourth-order valence-electron chi connectivity index (χ4n) is 2.51. The Hall–Kier alpha value is -3.14. The first-order valence-corrected chi connectivity index (χ1v) is 7.70. The van der Waals surface area contributed by atoms with Crippen LogP contribution >= 0.6 is 0 Å². The lowest BCUT2D eigenvalue weighted by atomic mass is 9.98. The van der Waals surface area contributed by atoms with Crippen LogP contribution < -0.4 is 10.1 Å². The van der Waals surface area contributed by atoms with Gasteiger partial charge in [0, 0.05) is 6.07 Å². The molecule has 1 aromatic heterocycles. The summed E-state index contributed by atoms with van der Waals surface area (Å²) in [5, 5.41) is 3.06. The minimum Gasteiger partial charge on any atom is -0.481 e. The van der Waals surface area contributed by atoms with Crippen molar-refractivity contribution in [2.45, 2.75) is 6.04 Å². The molecule has 0 saturated heterocycles. The van der Waals surface area contributed by atoms with Crippen molar-refractivity contribution >= 4 is 5.91 Å². The number of rotatable bonds is 5. The molecular weight excluding hydrogens is 300 g/mol. The molecule has 2 aromatic carbocycles. The number of hydrogen-bond donors (Lipinski definition) is 1. The number of nitrogens with one attached hydrogen (secondary N) is 1. The van der Waals surface area contributed by atoms with Crippen LogP contribution in [0.25, 0.3) is 0 Å². The molecule has 0 radical (unpaired) electrons. The number of carbonyl (C=O) groups excluding carboxylic acids is 1. The van der Waals surface area contributed by atoms with Crippen molar-refractivity contribution in [2.24, 2.45) is 0 Å². The monoisotopic (exact) mass is 318 g/mol. The molecule has 1 N–H and O–H groups in total. The quantitative estimate of drug-likeness (QED) is 0.782. The zero-order valence-electron chi connectivity index (χ0n) is 13.3. The van der Waals surface area contributed by atoms with E-state index in [0.717, 1.165) is 11.1 Å². The van der Waals surface area contributed by atoms with E-state index in [9.17, 15) is 4.79 Å². The maximum Gasteiger partial charge on any atom is 0.270 e. The highest BCUT2D eigenvalue weighted by molar-refractivity contribution is 5.92. The summed E-state index contributed by atoms with van der Waals surface area (Å²) >= 11 is 0. The molecule has 4 heteroatoms. The number of amides is 1. The van der Waals surface area contributed by atoms with Gasteiger partial charge in [-0.3, -0.25) is 4.79 Å². The molecule has 24 heavy (non-hydrogen) atoms. The molecule has 0 unspecified atom stereocenters. The second-order valence-corrected chi connectivity index (χ2v) is 5.29. The van der Waals surface area contributed by atoms with Crippen LogP contribution in [0.1, 0.15) is 27.7 Å². The highest BCUT2D eigenvalue weighted by Gasteiger charge is 2.18. The number of nitrogens with zero attached hydrogens (tertiary/aromatic N) is 1. The van der Waals surface area contributed by atoms with Crippen molar-refractivity contribution in [1.29, 1.82) is 0 Å². The maximum absolute atomic E-state index is 12.6. The van der Waals surface area contributed by atoms with Crippen LogP contribution in [0.15, 0.2) is 78.9 Å². The van der Waals surface area contributed by atoms with E-state index in [1.807, 2.05) is 60.7 Å². The Bertz CT molecular complexity index is 765. The predicted octanol–water partition coefficient (Wildman–Crippen LogP) is 3.61. The summed E-state index contributed by atoms with van der Waals surface area (Å²) < 4.78 is 5.09. The minimum absolute atomic E-state index is 0.243. The van der Waals surface area contributed by atoms with E-state index in [2.05, 4.69) is 10.3 Å². The third kappa shape index (κ3) is 3.60. The fourth-order valence-corrected chi connectivity index (χ4v) is 2.51. The Kier molecular flexibility index (Phi) is 4.87. The van der Waals surface area contributed by atoms with Crippen molar-refractivity contribution in [3.05, 3.63) is 95.7 Å². The van der Waals surface area contributed by atoms with Gasteiger partial charge in [0.15, 0.2) is 0 Å². The van der Waals surface area contributed by atoms with Gasteiger partial charge in [0.05, 0.1) is 13.2 Å². The molecule has 0 aliphatic heterocycles. The molecule has 0 atom stereocenters. The van der Waals surface area contributed by atoms with Gasteiger partial charge >= 0.3 is 0 Å².